The second-order valence-electron chi connectivity index (χ2n) is 4.85. The Morgan fingerprint density at radius 1 is 1.24 bits per heavy atom. The molecule has 0 saturated carbocycles. The Bertz CT molecular complexity index is 772. The number of halogens is 2. The predicted molar refractivity (Wildman–Crippen MR) is 99.8 cm³/mol. The van der Waals surface area contributed by atoms with Gasteiger partial charge in [-0.1, -0.05) is 35.9 Å². The van der Waals surface area contributed by atoms with Crippen molar-refractivity contribution < 1.29 is 0 Å². The Labute approximate surface area is 146 Å². The second kappa shape index (κ2) is 6.62. The molecule has 1 atom stereocenters. The summed E-state index contributed by atoms with van der Waals surface area (Å²) >= 11 is 10.2. The summed E-state index contributed by atoms with van der Waals surface area (Å²) in [6.45, 7) is 0. The van der Waals surface area contributed by atoms with E-state index in [-0.39, 0.29) is 6.04 Å². The highest BCUT2D eigenvalue weighted by Crippen LogP contribution is 2.30. The number of fused-ring (bicyclic) bond motifs is 1. The van der Waals surface area contributed by atoms with Gasteiger partial charge >= 0.3 is 0 Å². The summed E-state index contributed by atoms with van der Waals surface area (Å²) in [6.07, 6.45) is 0.845. The second-order valence-corrected chi connectivity index (χ2v) is 7.33. The van der Waals surface area contributed by atoms with Gasteiger partial charge in [0.2, 0.25) is 0 Å². The van der Waals surface area contributed by atoms with Crippen molar-refractivity contribution >= 4 is 55.6 Å². The van der Waals surface area contributed by atoms with Gasteiger partial charge in [-0.25, -0.2) is 0 Å². The Balaban J connectivity index is 1.92. The van der Waals surface area contributed by atoms with Crippen LogP contribution in [0.4, 0.5) is 0 Å². The van der Waals surface area contributed by atoms with Gasteiger partial charge in [0.05, 0.1) is 11.1 Å². The van der Waals surface area contributed by atoms with Crippen LogP contribution in [0, 0.1) is 3.57 Å². The molecule has 0 bridgehead atoms. The molecule has 108 valence electrons. The largest absolute Gasteiger partial charge is 0.271 e. The van der Waals surface area contributed by atoms with E-state index in [4.69, 9.17) is 17.4 Å². The summed E-state index contributed by atoms with van der Waals surface area (Å²) in [5, 5.41) is 4.28. The van der Waals surface area contributed by atoms with Crippen LogP contribution < -0.4 is 11.3 Å². The SMILES string of the molecule is NNC(Cc1csc2ccccc12)c1ccc(I)c(Cl)c1. The Kier molecular flexibility index (Phi) is 4.81. The lowest BCUT2D eigenvalue weighted by molar-refractivity contribution is 0.554. The molecule has 2 aromatic carbocycles. The maximum atomic E-state index is 6.22. The third-order valence-corrected chi connectivity index (χ3v) is 6.12. The molecule has 0 aliphatic carbocycles. The van der Waals surface area contributed by atoms with Crippen LogP contribution in [0.3, 0.4) is 0 Å². The molecule has 1 unspecified atom stereocenters. The standard InChI is InChI=1S/C16H14ClIN2S/c17-13-7-10(5-6-14(13)18)15(20-19)8-11-9-21-16-4-2-1-3-12(11)16/h1-7,9,15,20H,8,19H2. The van der Waals surface area contributed by atoms with Gasteiger partial charge in [-0.15, -0.1) is 11.3 Å². The predicted octanol–water partition coefficient (Wildman–Crippen LogP) is 4.91. The molecule has 0 spiro atoms. The average molecular weight is 429 g/mol. The van der Waals surface area contributed by atoms with Crippen LogP contribution in [-0.2, 0) is 6.42 Å². The molecule has 21 heavy (non-hydrogen) atoms. The van der Waals surface area contributed by atoms with Gasteiger partial charge < -0.3 is 0 Å². The van der Waals surface area contributed by atoms with Crippen molar-refractivity contribution in [2.45, 2.75) is 12.5 Å². The van der Waals surface area contributed by atoms with E-state index in [9.17, 15) is 0 Å². The highest BCUT2D eigenvalue weighted by molar-refractivity contribution is 14.1. The minimum atomic E-state index is 0.0532. The van der Waals surface area contributed by atoms with E-state index < -0.39 is 0 Å². The van der Waals surface area contributed by atoms with E-state index in [1.54, 1.807) is 11.3 Å². The summed E-state index contributed by atoms with van der Waals surface area (Å²) < 4.78 is 2.36. The number of rotatable bonds is 4. The fraction of sp³-hybridized carbons (Fsp3) is 0.125. The van der Waals surface area contributed by atoms with Crippen LogP contribution in [0.2, 0.25) is 5.02 Å². The zero-order valence-electron chi connectivity index (χ0n) is 11.1. The van der Waals surface area contributed by atoms with E-state index in [1.165, 1.54) is 15.6 Å². The van der Waals surface area contributed by atoms with Gasteiger partial charge in [-0.2, -0.15) is 0 Å². The van der Waals surface area contributed by atoms with Gasteiger partial charge in [0, 0.05) is 8.27 Å². The highest BCUT2D eigenvalue weighted by atomic mass is 127. The molecule has 5 heteroatoms. The number of benzene rings is 2. The fourth-order valence-electron chi connectivity index (χ4n) is 2.41. The first-order chi connectivity index (χ1) is 10.2. The first-order valence-corrected chi connectivity index (χ1v) is 8.89. The normalized spacial score (nSPS) is 12.7. The number of hydrazine groups is 1. The average Bonchev–Trinajstić information content (AvgIpc) is 2.91. The van der Waals surface area contributed by atoms with Crippen molar-refractivity contribution in [2.75, 3.05) is 0 Å². The van der Waals surface area contributed by atoms with Crippen molar-refractivity contribution in [3.63, 3.8) is 0 Å². The molecule has 0 fully saturated rings. The molecule has 1 aromatic heterocycles. The van der Waals surface area contributed by atoms with Gasteiger partial charge in [0.1, 0.15) is 0 Å². The van der Waals surface area contributed by atoms with E-state index in [1.807, 2.05) is 12.1 Å². The summed E-state index contributed by atoms with van der Waals surface area (Å²) in [5.41, 5.74) is 5.33. The molecule has 3 rings (SSSR count). The summed E-state index contributed by atoms with van der Waals surface area (Å²) in [4.78, 5) is 0. The molecule has 0 amide bonds. The van der Waals surface area contributed by atoms with Crippen LogP contribution in [0.25, 0.3) is 10.1 Å². The maximum absolute atomic E-state index is 6.22. The molecular weight excluding hydrogens is 415 g/mol. The molecule has 0 saturated heterocycles. The zero-order chi connectivity index (χ0) is 14.8. The Hall–Kier alpha value is -0.660. The van der Waals surface area contributed by atoms with Crippen LogP contribution in [-0.4, -0.2) is 0 Å². The van der Waals surface area contributed by atoms with Crippen molar-refractivity contribution in [2.24, 2.45) is 5.84 Å². The summed E-state index contributed by atoms with van der Waals surface area (Å²) in [7, 11) is 0. The fourth-order valence-corrected chi connectivity index (χ4v) is 3.91. The zero-order valence-corrected chi connectivity index (χ0v) is 14.9. The Morgan fingerprint density at radius 2 is 2.05 bits per heavy atom. The first-order valence-electron chi connectivity index (χ1n) is 6.55. The van der Waals surface area contributed by atoms with Gasteiger partial charge in [0.15, 0.2) is 0 Å². The van der Waals surface area contributed by atoms with Crippen molar-refractivity contribution in [3.8, 4) is 0 Å². The van der Waals surface area contributed by atoms with E-state index >= 15 is 0 Å². The first kappa shape index (κ1) is 15.2. The van der Waals surface area contributed by atoms with Gasteiger partial charge in [-0.3, -0.25) is 11.3 Å². The molecule has 2 nitrogen and oxygen atoms in total. The molecule has 3 aromatic rings. The van der Waals surface area contributed by atoms with Crippen LogP contribution in [0.1, 0.15) is 17.2 Å². The van der Waals surface area contributed by atoms with Crippen LogP contribution in [0.5, 0.6) is 0 Å². The lowest BCUT2D eigenvalue weighted by Gasteiger charge is -2.16. The molecule has 1 heterocycles. The number of hydrogen-bond acceptors (Lipinski definition) is 3. The van der Waals surface area contributed by atoms with Crippen molar-refractivity contribution in [1.82, 2.24) is 5.43 Å². The van der Waals surface area contributed by atoms with Crippen LogP contribution >= 0.6 is 45.5 Å². The molecule has 0 radical (unpaired) electrons. The van der Waals surface area contributed by atoms with E-state index in [0.29, 0.717) is 0 Å². The number of nitrogens with one attached hydrogen (secondary N) is 1. The number of hydrogen-bond donors (Lipinski definition) is 2. The van der Waals surface area contributed by atoms with Crippen molar-refractivity contribution in [3.05, 3.63) is 67.6 Å². The quantitative estimate of drug-likeness (QED) is 0.352. The van der Waals surface area contributed by atoms with E-state index in [2.05, 4.69) is 63.7 Å². The van der Waals surface area contributed by atoms with Gasteiger partial charge in [0.25, 0.3) is 0 Å². The lowest BCUT2D eigenvalue weighted by Crippen LogP contribution is -2.29. The van der Waals surface area contributed by atoms with Crippen LogP contribution in [0.15, 0.2) is 47.8 Å². The minimum Gasteiger partial charge on any atom is -0.271 e. The molecular formula is C16H14ClIN2S. The highest BCUT2D eigenvalue weighted by Gasteiger charge is 2.14. The third-order valence-electron chi connectivity index (χ3n) is 3.53. The topological polar surface area (TPSA) is 38.0 Å². The number of thiophene rings is 1. The smallest absolute Gasteiger partial charge is 0.0542 e. The van der Waals surface area contributed by atoms with Gasteiger partial charge in [-0.05, 0) is 69.1 Å². The molecule has 3 N–H and O–H groups in total. The summed E-state index contributed by atoms with van der Waals surface area (Å²) in [6, 6.07) is 14.6. The van der Waals surface area contributed by atoms with E-state index in [0.717, 1.165) is 20.6 Å². The minimum absolute atomic E-state index is 0.0532. The summed E-state index contributed by atoms with van der Waals surface area (Å²) in [5.74, 6) is 5.76. The maximum Gasteiger partial charge on any atom is 0.0542 e. The Morgan fingerprint density at radius 3 is 2.81 bits per heavy atom. The third kappa shape index (κ3) is 3.24. The van der Waals surface area contributed by atoms with Crippen molar-refractivity contribution in [1.29, 1.82) is 0 Å². The molecule has 0 aliphatic rings. The lowest BCUT2D eigenvalue weighted by atomic mass is 9.99. The molecule has 0 aliphatic heterocycles. The monoisotopic (exact) mass is 428 g/mol. The number of nitrogens with two attached hydrogens (primary N) is 1.